The number of nitriles is 1. The molecule has 164 valence electrons. The fraction of sp³-hybridized carbons (Fsp3) is 0.0800. The van der Waals surface area contributed by atoms with Gasteiger partial charge in [0.05, 0.1) is 5.25 Å². The highest BCUT2D eigenvalue weighted by Crippen LogP contribution is 2.42. The zero-order chi connectivity index (χ0) is 23.4. The topological polar surface area (TPSA) is 73.2 Å². The number of amides is 2. The quantitative estimate of drug-likeness (QED) is 0.427. The van der Waals surface area contributed by atoms with Gasteiger partial charge in [-0.05, 0) is 60.5 Å². The second-order valence-corrected chi connectivity index (χ2v) is 8.39. The first-order chi connectivity index (χ1) is 16.0. The van der Waals surface area contributed by atoms with Crippen molar-refractivity contribution in [3.05, 3.63) is 107 Å². The van der Waals surface area contributed by atoms with Crippen LogP contribution in [-0.4, -0.2) is 17.1 Å². The molecule has 0 aromatic heterocycles. The van der Waals surface area contributed by atoms with Crippen LogP contribution in [0.3, 0.4) is 0 Å². The van der Waals surface area contributed by atoms with Crippen molar-refractivity contribution in [3.63, 3.8) is 0 Å². The van der Waals surface area contributed by atoms with Crippen molar-refractivity contribution in [2.75, 3.05) is 10.2 Å². The molecule has 0 aliphatic carbocycles. The van der Waals surface area contributed by atoms with Crippen molar-refractivity contribution in [1.82, 2.24) is 0 Å². The molecule has 0 radical (unpaired) electrons. The van der Waals surface area contributed by atoms with Crippen molar-refractivity contribution < 1.29 is 18.4 Å². The predicted molar refractivity (Wildman–Crippen MR) is 123 cm³/mol. The van der Waals surface area contributed by atoms with E-state index in [2.05, 4.69) is 5.32 Å². The molecule has 2 amide bonds. The summed E-state index contributed by atoms with van der Waals surface area (Å²) in [5.41, 5.74) is 1.32. The van der Waals surface area contributed by atoms with Gasteiger partial charge in [0.15, 0.2) is 0 Å². The molecule has 1 atom stereocenters. The lowest BCUT2D eigenvalue weighted by molar-refractivity contribution is -0.117. The van der Waals surface area contributed by atoms with E-state index in [-0.39, 0.29) is 16.5 Å². The normalized spacial score (nSPS) is 16.9. The molecule has 5 nitrogen and oxygen atoms in total. The van der Waals surface area contributed by atoms with Crippen LogP contribution in [-0.2, 0) is 16.0 Å². The summed E-state index contributed by atoms with van der Waals surface area (Å²) in [6.45, 7) is 0. The standard InChI is InChI=1S/C25H17F2N3O2S/c26-17-6-10-19(11-7-17)29-23(31)21(15-28)25-30(20-12-8-18(27)9-13-20)24(32)22(33-25)14-16-4-2-1-3-5-16/h1-13,22H,14H2,(H,29,31)/b25-21+/t22-/m1/s1. The van der Waals surface area contributed by atoms with Gasteiger partial charge >= 0.3 is 0 Å². The third-order valence-corrected chi connectivity index (χ3v) is 6.22. The monoisotopic (exact) mass is 461 g/mol. The van der Waals surface area contributed by atoms with Gasteiger partial charge in [-0.25, -0.2) is 8.78 Å². The smallest absolute Gasteiger partial charge is 0.269 e. The van der Waals surface area contributed by atoms with Crippen LogP contribution >= 0.6 is 11.8 Å². The van der Waals surface area contributed by atoms with Crippen LogP contribution in [0.4, 0.5) is 20.2 Å². The maximum atomic E-state index is 13.5. The first kappa shape index (κ1) is 22.2. The molecule has 3 aromatic carbocycles. The number of anilines is 2. The van der Waals surface area contributed by atoms with Crippen LogP contribution in [0.1, 0.15) is 5.56 Å². The molecule has 0 spiro atoms. The summed E-state index contributed by atoms with van der Waals surface area (Å²) in [6.07, 6.45) is 0.393. The van der Waals surface area contributed by atoms with E-state index in [9.17, 15) is 23.6 Å². The molecule has 1 heterocycles. The molecule has 1 saturated heterocycles. The van der Waals surface area contributed by atoms with Crippen LogP contribution in [0.15, 0.2) is 89.5 Å². The fourth-order valence-electron chi connectivity index (χ4n) is 3.37. The maximum Gasteiger partial charge on any atom is 0.269 e. The third kappa shape index (κ3) is 4.94. The molecule has 1 N–H and O–H groups in total. The van der Waals surface area contributed by atoms with E-state index < -0.39 is 22.8 Å². The molecule has 0 unspecified atom stereocenters. The lowest BCUT2D eigenvalue weighted by atomic mass is 10.1. The highest BCUT2D eigenvalue weighted by atomic mass is 32.2. The molecule has 1 aliphatic heterocycles. The Morgan fingerprint density at radius 2 is 1.58 bits per heavy atom. The summed E-state index contributed by atoms with van der Waals surface area (Å²) in [4.78, 5) is 27.5. The van der Waals surface area contributed by atoms with Crippen LogP contribution < -0.4 is 10.2 Å². The van der Waals surface area contributed by atoms with Crippen LogP contribution in [0.5, 0.6) is 0 Å². The number of rotatable bonds is 5. The fourth-order valence-corrected chi connectivity index (χ4v) is 4.68. The molecular weight excluding hydrogens is 444 g/mol. The second-order valence-electron chi connectivity index (χ2n) is 7.20. The Labute approximate surface area is 193 Å². The Hall–Kier alpha value is -3.96. The van der Waals surface area contributed by atoms with Gasteiger partial charge in [-0.3, -0.25) is 14.5 Å². The van der Waals surface area contributed by atoms with E-state index in [1.54, 1.807) is 0 Å². The Balaban J connectivity index is 1.72. The van der Waals surface area contributed by atoms with E-state index in [1.807, 2.05) is 36.4 Å². The summed E-state index contributed by atoms with van der Waals surface area (Å²) in [5.74, 6) is -1.98. The Morgan fingerprint density at radius 3 is 2.18 bits per heavy atom. The molecule has 1 aliphatic rings. The number of nitrogens with zero attached hydrogens (tertiary/aromatic N) is 2. The average molecular weight is 461 g/mol. The summed E-state index contributed by atoms with van der Waals surface area (Å²) in [5, 5.41) is 12.0. The van der Waals surface area contributed by atoms with Gasteiger partial charge in [-0.2, -0.15) is 5.26 Å². The number of nitrogens with one attached hydrogen (secondary N) is 1. The van der Waals surface area contributed by atoms with Crippen LogP contribution in [0, 0.1) is 23.0 Å². The zero-order valence-corrected chi connectivity index (χ0v) is 18.0. The van der Waals surface area contributed by atoms with Gasteiger partial charge in [-0.1, -0.05) is 42.1 Å². The van der Waals surface area contributed by atoms with E-state index in [4.69, 9.17) is 0 Å². The molecule has 1 fully saturated rings. The van der Waals surface area contributed by atoms with Crippen LogP contribution in [0.25, 0.3) is 0 Å². The van der Waals surface area contributed by atoms with E-state index in [0.717, 1.165) is 17.3 Å². The lowest BCUT2D eigenvalue weighted by Gasteiger charge is -2.18. The van der Waals surface area contributed by atoms with Crippen molar-refractivity contribution in [2.24, 2.45) is 0 Å². The summed E-state index contributed by atoms with van der Waals surface area (Å²) >= 11 is 1.11. The number of carbonyl (C=O) groups is 2. The second kappa shape index (κ2) is 9.67. The number of carbonyl (C=O) groups excluding carboxylic acids is 2. The molecular formula is C25H17F2N3O2S. The first-order valence-corrected chi connectivity index (χ1v) is 10.9. The van der Waals surface area contributed by atoms with Gasteiger partial charge < -0.3 is 5.32 Å². The number of hydrogen-bond donors (Lipinski definition) is 1. The first-order valence-electron chi connectivity index (χ1n) is 9.97. The van der Waals surface area contributed by atoms with Crippen molar-refractivity contribution in [3.8, 4) is 6.07 Å². The van der Waals surface area contributed by atoms with E-state index in [1.165, 1.54) is 53.4 Å². The highest BCUT2D eigenvalue weighted by Gasteiger charge is 2.40. The Bertz CT molecular complexity index is 1250. The highest BCUT2D eigenvalue weighted by molar-refractivity contribution is 8.05. The maximum absolute atomic E-state index is 13.5. The zero-order valence-electron chi connectivity index (χ0n) is 17.2. The van der Waals surface area contributed by atoms with E-state index in [0.29, 0.717) is 17.8 Å². The van der Waals surface area contributed by atoms with Gasteiger partial charge in [0.2, 0.25) is 5.91 Å². The molecule has 33 heavy (non-hydrogen) atoms. The minimum absolute atomic E-state index is 0.162. The number of hydrogen-bond acceptors (Lipinski definition) is 4. The van der Waals surface area contributed by atoms with Crippen LogP contribution in [0.2, 0.25) is 0 Å². The average Bonchev–Trinajstić information content (AvgIpc) is 3.12. The van der Waals surface area contributed by atoms with Gasteiger partial charge in [0, 0.05) is 11.4 Å². The summed E-state index contributed by atoms with van der Waals surface area (Å²) in [6, 6.07) is 21.7. The summed E-state index contributed by atoms with van der Waals surface area (Å²) < 4.78 is 26.7. The molecule has 4 rings (SSSR count). The third-order valence-electron chi connectivity index (χ3n) is 4.96. The Morgan fingerprint density at radius 1 is 0.970 bits per heavy atom. The number of benzene rings is 3. The SMILES string of the molecule is N#C/C(C(=O)Nc1ccc(F)cc1)=C1\S[C@H](Cc2ccccc2)C(=O)N1c1ccc(F)cc1. The molecule has 3 aromatic rings. The predicted octanol–water partition coefficient (Wildman–Crippen LogP) is 5.03. The van der Waals surface area contributed by atoms with E-state index >= 15 is 0 Å². The van der Waals surface area contributed by atoms with Crippen molar-refractivity contribution in [1.29, 1.82) is 5.26 Å². The number of halogens is 2. The van der Waals surface area contributed by atoms with Gasteiger partial charge in [0.1, 0.15) is 28.3 Å². The van der Waals surface area contributed by atoms with Gasteiger partial charge in [-0.15, -0.1) is 0 Å². The van der Waals surface area contributed by atoms with Crippen molar-refractivity contribution >= 4 is 35.0 Å². The van der Waals surface area contributed by atoms with Gasteiger partial charge in [0.25, 0.3) is 5.91 Å². The summed E-state index contributed by atoms with van der Waals surface area (Å²) in [7, 11) is 0. The Kier molecular flexibility index (Phi) is 6.52. The molecule has 8 heteroatoms. The molecule has 0 bridgehead atoms. The minimum Gasteiger partial charge on any atom is -0.321 e. The minimum atomic E-state index is -0.730. The molecule has 0 saturated carbocycles. The largest absolute Gasteiger partial charge is 0.321 e. The number of thioether (sulfide) groups is 1. The van der Waals surface area contributed by atoms with Crippen molar-refractivity contribution in [2.45, 2.75) is 11.7 Å². The lowest BCUT2D eigenvalue weighted by Crippen LogP contribution is -2.30.